The minimum atomic E-state index is -4.64. The summed E-state index contributed by atoms with van der Waals surface area (Å²) in [5, 5.41) is 7.26. The van der Waals surface area contributed by atoms with Gasteiger partial charge in [0.25, 0.3) is 0 Å². The van der Waals surface area contributed by atoms with E-state index >= 15 is 0 Å². The fourth-order valence-electron chi connectivity index (χ4n) is 2.06. The summed E-state index contributed by atoms with van der Waals surface area (Å²) in [6, 6.07) is 0. The number of aryl methyl sites for hydroxylation is 1. The van der Waals surface area contributed by atoms with Gasteiger partial charge in [0.05, 0.1) is 22.1 Å². The lowest BCUT2D eigenvalue weighted by Crippen LogP contribution is -2.13. The Morgan fingerprint density at radius 1 is 1.46 bits per heavy atom. The average molecular weight is 429 g/mol. The van der Waals surface area contributed by atoms with Gasteiger partial charge in [0.1, 0.15) is 11.5 Å². The van der Waals surface area contributed by atoms with Crippen molar-refractivity contribution in [1.29, 1.82) is 0 Å². The van der Waals surface area contributed by atoms with E-state index in [1.54, 1.807) is 6.92 Å². The van der Waals surface area contributed by atoms with E-state index in [0.717, 1.165) is 13.2 Å². The van der Waals surface area contributed by atoms with Crippen LogP contribution in [0.3, 0.4) is 0 Å². The largest absolute Gasteiger partial charge is 0.433 e. The molecule has 0 saturated heterocycles. The molecule has 2 aromatic rings. The van der Waals surface area contributed by atoms with Crippen LogP contribution in [0.15, 0.2) is 33.2 Å². The number of alkyl halides is 4. The highest BCUT2D eigenvalue weighted by Crippen LogP contribution is 2.42. The Bertz CT molecular complexity index is 808. The SMILES string of the molecule is C/C=C\C(F)=C(/CCl)c1noc(-c2cnn(C)c2C(F)(F)F)c1Br. The lowest BCUT2D eigenvalue weighted by Gasteiger charge is -2.08. The summed E-state index contributed by atoms with van der Waals surface area (Å²) in [6.07, 6.45) is -1.01. The monoisotopic (exact) mass is 427 g/mol. The molecule has 0 amide bonds. The van der Waals surface area contributed by atoms with Gasteiger partial charge in [-0.25, -0.2) is 4.39 Å². The third-order valence-corrected chi connectivity index (χ3v) is 4.11. The molecule has 0 saturated carbocycles. The van der Waals surface area contributed by atoms with Gasteiger partial charge >= 0.3 is 6.18 Å². The van der Waals surface area contributed by atoms with Crippen molar-refractivity contribution in [2.24, 2.45) is 7.05 Å². The van der Waals surface area contributed by atoms with Crippen molar-refractivity contribution in [2.45, 2.75) is 13.1 Å². The maximum absolute atomic E-state index is 14.0. The first kappa shape index (κ1) is 18.7. The number of halogens is 6. The van der Waals surface area contributed by atoms with Crippen LogP contribution in [0.1, 0.15) is 18.3 Å². The first-order valence-corrected chi connectivity index (χ1v) is 7.87. The van der Waals surface area contributed by atoms with Gasteiger partial charge in [-0.1, -0.05) is 11.2 Å². The maximum Gasteiger partial charge on any atom is 0.433 e. The van der Waals surface area contributed by atoms with Crippen LogP contribution < -0.4 is 0 Å². The second kappa shape index (κ2) is 7.10. The molecule has 4 nitrogen and oxygen atoms in total. The molecule has 0 radical (unpaired) electrons. The molecule has 0 atom stereocenters. The Labute approximate surface area is 147 Å². The van der Waals surface area contributed by atoms with Gasteiger partial charge in [-0.3, -0.25) is 4.68 Å². The van der Waals surface area contributed by atoms with Crippen molar-refractivity contribution in [3.8, 4) is 11.3 Å². The molecular formula is C14H11BrClF4N3O. The Morgan fingerprint density at radius 2 is 2.12 bits per heavy atom. The van der Waals surface area contributed by atoms with Crippen LogP contribution in [0.5, 0.6) is 0 Å². The van der Waals surface area contributed by atoms with Gasteiger partial charge in [0.15, 0.2) is 11.5 Å². The van der Waals surface area contributed by atoms with Crippen molar-refractivity contribution in [1.82, 2.24) is 14.9 Å². The summed E-state index contributed by atoms with van der Waals surface area (Å²) in [5.41, 5.74) is -1.33. The van der Waals surface area contributed by atoms with Crippen LogP contribution in [-0.2, 0) is 13.2 Å². The van der Waals surface area contributed by atoms with Gasteiger partial charge in [0.2, 0.25) is 0 Å². The summed E-state index contributed by atoms with van der Waals surface area (Å²) in [5.74, 6) is -1.10. The minimum absolute atomic E-state index is 0.00547. The van der Waals surface area contributed by atoms with Crippen molar-refractivity contribution in [2.75, 3.05) is 5.88 Å². The molecule has 0 aliphatic heterocycles. The highest BCUT2D eigenvalue weighted by molar-refractivity contribution is 9.10. The zero-order valence-corrected chi connectivity index (χ0v) is 14.8. The normalized spacial score (nSPS) is 13.7. The fourth-order valence-corrected chi connectivity index (χ4v) is 2.91. The van der Waals surface area contributed by atoms with Gasteiger partial charge < -0.3 is 4.52 Å². The molecule has 10 heteroatoms. The molecule has 24 heavy (non-hydrogen) atoms. The summed E-state index contributed by atoms with van der Waals surface area (Å²) in [4.78, 5) is 0. The Balaban J connectivity index is 2.63. The van der Waals surface area contributed by atoms with E-state index in [9.17, 15) is 17.6 Å². The zero-order chi connectivity index (χ0) is 18.1. The van der Waals surface area contributed by atoms with Crippen LogP contribution in [0.4, 0.5) is 17.6 Å². The lowest BCUT2D eigenvalue weighted by molar-refractivity contribution is -0.143. The topological polar surface area (TPSA) is 43.9 Å². The molecule has 0 aliphatic rings. The first-order chi connectivity index (χ1) is 11.2. The maximum atomic E-state index is 14.0. The molecule has 0 aliphatic carbocycles. The van der Waals surface area contributed by atoms with E-state index in [4.69, 9.17) is 16.1 Å². The van der Waals surface area contributed by atoms with E-state index in [1.807, 2.05) is 0 Å². The minimum Gasteiger partial charge on any atom is -0.354 e. The molecule has 130 valence electrons. The number of allylic oxidation sites excluding steroid dienone is 4. The van der Waals surface area contributed by atoms with Crippen LogP contribution in [0.25, 0.3) is 16.9 Å². The predicted octanol–water partition coefficient (Wildman–Crippen LogP) is 5.35. The van der Waals surface area contributed by atoms with Crippen LogP contribution >= 0.6 is 27.5 Å². The highest BCUT2D eigenvalue weighted by atomic mass is 79.9. The first-order valence-electron chi connectivity index (χ1n) is 6.54. The van der Waals surface area contributed by atoms with E-state index in [0.29, 0.717) is 4.68 Å². The van der Waals surface area contributed by atoms with Crippen LogP contribution in [0, 0.1) is 0 Å². The molecule has 0 aromatic carbocycles. The van der Waals surface area contributed by atoms with Gasteiger partial charge in [-0.05, 0) is 28.9 Å². The Kier molecular flexibility index (Phi) is 5.54. The highest BCUT2D eigenvalue weighted by Gasteiger charge is 2.39. The number of aromatic nitrogens is 3. The van der Waals surface area contributed by atoms with E-state index in [-0.39, 0.29) is 32.9 Å². The van der Waals surface area contributed by atoms with Gasteiger partial charge in [-0.15, -0.1) is 11.6 Å². The smallest absolute Gasteiger partial charge is 0.354 e. The number of hydrogen-bond donors (Lipinski definition) is 0. The third kappa shape index (κ3) is 3.41. The molecule has 2 aromatic heterocycles. The lowest BCUT2D eigenvalue weighted by atomic mass is 10.1. The van der Waals surface area contributed by atoms with Crippen molar-refractivity contribution >= 4 is 33.1 Å². The van der Waals surface area contributed by atoms with E-state index in [1.165, 1.54) is 12.2 Å². The molecule has 0 bridgehead atoms. The number of rotatable bonds is 4. The molecule has 0 unspecified atom stereocenters. The summed E-state index contributed by atoms with van der Waals surface area (Å²) >= 11 is 8.85. The quantitative estimate of drug-likeness (QED) is 0.374. The zero-order valence-electron chi connectivity index (χ0n) is 12.5. The fraction of sp³-hybridized carbons (Fsp3) is 0.286. The second-order valence-corrected chi connectivity index (χ2v) is 5.72. The molecule has 0 spiro atoms. The number of nitrogens with zero attached hydrogens (tertiary/aromatic N) is 3. The summed E-state index contributed by atoms with van der Waals surface area (Å²) < 4.78 is 59.3. The van der Waals surface area contributed by atoms with Crippen molar-refractivity contribution < 1.29 is 22.1 Å². The molecule has 0 N–H and O–H groups in total. The van der Waals surface area contributed by atoms with E-state index in [2.05, 4.69) is 26.2 Å². The summed E-state index contributed by atoms with van der Waals surface area (Å²) in [6.45, 7) is 1.61. The second-order valence-electron chi connectivity index (χ2n) is 4.66. The summed E-state index contributed by atoms with van der Waals surface area (Å²) in [7, 11) is 1.16. The Morgan fingerprint density at radius 3 is 2.67 bits per heavy atom. The van der Waals surface area contributed by atoms with Gasteiger partial charge in [-0.2, -0.15) is 18.3 Å². The molecule has 2 heterocycles. The standard InChI is InChI=1S/C14H11BrClF4N3O/c1-3-4-9(17)7(5-16)11-10(15)12(24-22-11)8-6-21-23(2)13(8)14(18,19)20/h3-4,6H,5H2,1-2H3/b4-3-,9-7-. The molecule has 0 fully saturated rings. The Hall–Kier alpha value is -1.61. The van der Waals surface area contributed by atoms with Crippen molar-refractivity contribution in [3.05, 3.63) is 40.0 Å². The number of hydrogen-bond acceptors (Lipinski definition) is 3. The van der Waals surface area contributed by atoms with Crippen molar-refractivity contribution in [3.63, 3.8) is 0 Å². The van der Waals surface area contributed by atoms with Crippen LogP contribution in [0.2, 0.25) is 0 Å². The average Bonchev–Trinajstić information content (AvgIpc) is 3.03. The predicted molar refractivity (Wildman–Crippen MR) is 85.0 cm³/mol. The van der Waals surface area contributed by atoms with Crippen LogP contribution in [-0.4, -0.2) is 20.8 Å². The molecule has 2 rings (SSSR count). The van der Waals surface area contributed by atoms with Gasteiger partial charge in [0, 0.05) is 12.6 Å². The molecular weight excluding hydrogens is 418 g/mol. The van der Waals surface area contributed by atoms with E-state index < -0.39 is 17.7 Å². The third-order valence-electron chi connectivity index (χ3n) is 3.11.